The first kappa shape index (κ1) is 13.1. The molecule has 1 aromatic carbocycles. The van der Waals surface area contributed by atoms with Crippen LogP contribution in [0, 0.1) is 10.1 Å². The Hall–Kier alpha value is -2.90. The number of ether oxygens (including phenoxy) is 1. The first-order chi connectivity index (χ1) is 10.1. The molecule has 0 saturated heterocycles. The molecule has 0 fully saturated rings. The van der Waals surface area contributed by atoms with E-state index in [-0.39, 0.29) is 17.5 Å². The lowest BCUT2D eigenvalue weighted by Gasteiger charge is -2.20. The number of nitrogen functional groups attached to an aromatic ring is 1. The summed E-state index contributed by atoms with van der Waals surface area (Å²) >= 11 is 0. The van der Waals surface area contributed by atoms with E-state index in [1.165, 1.54) is 0 Å². The number of para-hydroxylation sites is 1. The molecule has 0 saturated carbocycles. The maximum Gasteiger partial charge on any atom is 0.329 e. The van der Waals surface area contributed by atoms with Crippen LogP contribution in [-0.2, 0) is 6.54 Å². The van der Waals surface area contributed by atoms with Crippen LogP contribution >= 0.6 is 0 Å². The number of nitro groups is 1. The van der Waals surface area contributed by atoms with Crippen LogP contribution in [0.1, 0.15) is 5.56 Å². The van der Waals surface area contributed by atoms with Crippen molar-refractivity contribution in [3.05, 3.63) is 46.1 Å². The molecular weight excluding hydrogens is 274 g/mol. The standard InChI is InChI=1S/C13H13N5O3/c14-13-15-7-10(18(19)20)12(16-13)17-5-6-21-11-4-2-1-3-9(11)8-17/h1-4,7H,5-6,8H2,(H2,14,15,16). The van der Waals surface area contributed by atoms with E-state index < -0.39 is 4.92 Å². The Balaban J connectivity index is 2.01. The summed E-state index contributed by atoms with van der Waals surface area (Å²) in [4.78, 5) is 20.1. The Morgan fingerprint density at radius 3 is 3.00 bits per heavy atom. The van der Waals surface area contributed by atoms with Crippen LogP contribution in [-0.4, -0.2) is 28.0 Å². The molecule has 0 amide bonds. The van der Waals surface area contributed by atoms with Gasteiger partial charge in [0.05, 0.1) is 11.5 Å². The van der Waals surface area contributed by atoms with Gasteiger partial charge in [0.15, 0.2) is 0 Å². The predicted octanol–water partition coefficient (Wildman–Crippen LogP) is 1.37. The Labute approximate surface area is 120 Å². The summed E-state index contributed by atoms with van der Waals surface area (Å²) in [6.07, 6.45) is 1.13. The smallest absolute Gasteiger partial charge is 0.329 e. The lowest BCUT2D eigenvalue weighted by atomic mass is 10.2. The van der Waals surface area contributed by atoms with Crippen molar-refractivity contribution in [2.75, 3.05) is 23.8 Å². The van der Waals surface area contributed by atoms with Crippen molar-refractivity contribution in [3.63, 3.8) is 0 Å². The molecule has 2 aromatic rings. The number of anilines is 2. The third-order valence-electron chi connectivity index (χ3n) is 3.22. The van der Waals surface area contributed by atoms with Gasteiger partial charge < -0.3 is 15.4 Å². The number of nitrogens with zero attached hydrogens (tertiary/aromatic N) is 4. The summed E-state index contributed by atoms with van der Waals surface area (Å²) in [5.74, 6) is 1.01. The third-order valence-corrected chi connectivity index (χ3v) is 3.22. The Kier molecular flexibility index (Phi) is 3.27. The largest absolute Gasteiger partial charge is 0.491 e. The van der Waals surface area contributed by atoms with E-state index in [9.17, 15) is 10.1 Å². The molecule has 8 nitrogen and oxygen atoms in total. The molecule has 2 heterocycles. The fourth-order valence-corrected chi connectivity index (χ4v) is 2.25. The van der Waals surface area contributed by atoms with Gasteiger partial charge in [-0.15, -0.1) is 0 Å². The van der Waals surface area contributed by atoms with E-state index in [2.05, 4.69) is 9.97 Å². The Morgan fingerprint density at radius 1 is 1.38 bits per heavy atom. The van der Waals surface area contributed by atoms with Gasteiger partial charge >= 0.3 is 5.69 Å². The summed E-state index contributed by atoms with van der Waals surface area (Å²) in [7, 11) is 0. The Morgan fingerprint density at radius 2 is 2.19 bits per heavy atom. The van der Waals surface area contributed by atoms with E-state index in [0.717, 1.165) is 17.5 Å². The maximum atomic E-state index is 11.1. The first-order valence-corrected chi connectivity index (χ1v) is 6.37. The predicted molar refractivity (Wildman–Crippen MR) is 76.1 cm³/mol. The van der Waals surface area contributed by atoms with Crippen LogP contribution in [0.4, 0.5) is 17.5 Å². The summed E-state index contributed by atoms with van der Waals surface area (Å²) in [5.41, 5.74) is 6.35. The quantitative estimate of drug-likeness (QED) is 0.656. The van der Waals surface area contributed by atoms with Crippen molar-refractivity contribution in [1.82, 2.24) is 9.97 Å². The van der Waals surface area contributed by atoms with Crippen LogP contribution in [0.5, 0.6) is 5.75 Å². The average molecular weight is 287 g/mol. The lowest BCUT2D eigenvalue weighted by molar-refractivity contribution is -0.384. The van der Waals surface area contributed by atoms with E-state index in [0.29, 0.717) is 19.7 Å². The number of rotatable bonds is 2. The SMILES string of the molecule is Nc1ncc([N+](=O)[O-])c(N2CCOc3ccccc3C2)n1. The summed E-state index contributed by atoms with van der Waals surface area (Å²) in [6, 6.07) is 7.58. The van der Waals surface area contributed by atoms with Crippen LogP contribution in [0.25, 0.3) is 0 Å². The zero-order chi connectivity index (χ0) is 14.8. The molecule has 0 atom stereocenters. The minimum atomic E-state index is -0.508. The highest BCUT2D eigenvalue weighted by molar-refractivity contribution is 5.59. The first-order valence-electron chi connectivity index (χ1n) is 6.37. The molecule has 1 aliphatic rings. The van der Waals surface area contributed by atoms with E-state index >= 15 is 0 Å². The molecular formula is C13H13N5O3. The molecule has 1 aromatic heterocycles. The number of benzene rings is 1. The Bertz CT molecular complexity index is 691. The highest BCUT2D eigenvalue weighted by atomic mass is 16.6. The minimum Gasteiger partial charge on any atom is -0.491 e. The molecule has 0 spiro atoms. The van der Waals surface area contributed by atoms with Gasteiger partial charge in [-0.25, -0.2) is 4.98 Å². The molecule has 21 heavy (non-hydrogen) atoms. The van der Waals surface area contributed by atoms with Gasteiger partial charge in [-0.05, 0) is 6.07 Å². The van der Waals surface area contributed by atoms with Gasteiger partial charge in [-0.3, -0.25) is 10.1 Å². The fourth-order valence-electron chi connectivity index (χ4n) is 2.25. The average Bonchev–Trinajstić information content (AvgIpc) is 2.68. The van der Waals surface area contributed by atoms with Crippen LogP contribution in [0.3, 0.4) is 0 Å². The highest BCUT2D eigenvalue weighted by Crippen LogP contribution is 2.30. The van der Waals surface area contributed by atoms with E-state index in [1.807, 2.05) is 24.3 Å². The fraction of sp³-hybridized carbons (Fsp3) is 0.231. The number of fused-ring (bicyclic) bond motifs is 1. The molecule has 0 aliphatic carbocycles. The monoisotopic (exact) mass is 287 g/mol. The second kappa shape index (κ2) is 5.23. The summed E-state index contributed by atoms with van der Waals surface area (Å²) in [5, 5.41) is 11.1. The highest BCUT2D eigenvalue weighted by Gasteiger charge is 2.25. The van der Waals surface area contributed by atoms with Crippen molar-refractivity contribution in [1.29, 1.82) is 0 Å². The maximum absolute atomic E-state index is 11.1. The zero-order valence-corrected chi connectivity index (χ0v) is 11.1. The van der Waals surface area contributed by atoms with E-state index in [1.54, 1.807) is 4.90 Å². The topological polar surface area (TPSA) is 107 Å². The lowest BCUT2D eigenvalue weighted by Crippen LogP contribution is -2.27. The minimum absolute atomic E-state index is 0.00838. The van der Waals surface area contributed by atoms with Crippen molar-refractivity contribution in [3.8, 4) is 5.75 Å². The summed E-state index contributed by atoms with van der Waals surface area (Å²) < 4.78 is 5.64. The number of hydrogen-bond donors (Lipinski definition) is 1. The molecule has 0 unspecified atom stereocenters. The molecule has 2 N–H and O–H groups in total. The van der Waals surface area contributed by atoms with Gasteiger partial charge in [0.2, 0.25) is 11.8 Å². The second-order valence-corrected chi connectivity index (χ2v) is 4.57. The van der Waals surface area contributed by atoms with Crippen LogP contribution in [0.2, 0.25) is 0 Å². The van der Waals surface area contributed by atoms with Crippen molar-refractivity contribution < 1.29 is 9.66 Å². The van der Waals surface area contributed by atoms with Gasteiger partial charge in [-0.2, -0.15) is 4.98 Å². The molecule has 3 rings (SSSR count). The van der Waals surface area contributed by atoms with Gasteiger partial charge in [-0.1, -0.05) is 18.2 Å². The normalized spacial score (nSPS) is 14.0. The number of hydrogen-bond acceptors (Lipinski definition) is 7. The van der Waals surface area contributed by atoms with Crippen LogP contribution < -0.4 is 15.4 Å². The molecule has 8 heteroatoms. The summed E-state index contributed by atoms with van der Waals surface area (Å²) in [6.45, 7) is 1.36. The number of nitrogens with two attached hydrogens (primary N) is 1. The van der Waals surface area contributed by atoms with Crippen LogP contribution in [0.15, 0.2) is 30.5 Å². The van der Waals surface area contributed by atoms with Gasteiger partial charge in [0.1, 0.15) is 18.6 Å². The molecule has 0 radical (unpaired) electrons. The molecule has 0 bridgehead atoms. The van der Waals surface area contributed by atoms with Crippen molar-refractivity contribution in [2.24, 2.45) is 0 Å². The van der Waals surface area contributed by atoms with Crippen molar-refractivity contribution >= 4 is 17.5 Å². The van der Waals surface area contributed by atoms with Gasteiger partial charge in [0.25, 0.3) is 0 Å². The zero-order valence-electron chi connectivity index (χ0n) is 11.1. The van der Waals surface area contributed by atoms with E-state index in [4.69, 9.17) is 10.5 Å². The second-order valence-electron chi connectivity index (χ2n) is 4.57. The van der Waals surface area contributed by atoms with Crippen molar-refractivity contribution in [2.45, 2.75) is 6.54 Å². The van der Waals surface area contributed by atoms with Gasteiger partial charge in [0, 0.05) is 12.1 Å². The molecule has 1 aliphatic heterocycles. The number of aromatic nitrogens is 2. The third kappa shape index (κ3) is 2.55. The molecule has 108 valence electrons.